The highest BCUT2D eigenvalue weighted by molar-refractivity contribution is 5.89. The Kier molecular flexibility index (Phi) is 8.59. The summed E-state index contributed by atoms with van der Waals surface area (Å²) in [6.45, 7) is 2.28. The first-order valence-corrected chi connectivity index (χ1v) is 15.1. The molecule has 256 valence electrons. The van der Waals surface area contributed by atoms with Crippen molar-refractivity contribution >= 4 is 17.9 Å². The molecule has 0 radical (unpaired) electrons. The summed E-state index contributed by atoms with van der Waals surface area (Å²) in [5.41, 5.74) is 4.06. The number of anilines is 1. The fourth-order valence-corrected chi connectivity index (χ4v) is 6.12. The molecule has 2 atom stereocenters. The number of amides is 1. The summed E-state index contributed by atoms with van der Waals surface area (Å²) in [7, 11) is 1.48. The lowest BCUT2D eigenvalue weighted by molar-refractivity contribution is -0.274. The van der Waals surface area contributed by atoms with Gasteiger partial charge in [-0.3, -0.25) is 4.90 Å². The maximum Gasteiger partial charge on any atom is 0.573 e. The zero-order valence-corrected chi connectivity index (χ0v) is 26.4. The van der Waals surface area contributed by atoms with Gasteiger partial charge < -0.3 is 24.2 Å². The number of carboxylic acids is 1. The molecule has 49 heavy (non-hydrogen) atoms. The minimum absolute atomic E-state index is 0.137. The second-order valence-corrected chi connectivity index (χ2v) is 11.9. The first-order valence-electron chi connectivity index (χ1n) is 15.1. The third kappa shape index (κ3) is 6.94. The monoisotopic (exact) mass is 683 g/mol. The summed E-state index contributed by atoms with van der Waals surface area (Å²) in [5.74, 6) is -3.66. The molecule has 0 unspecified atom stereocenters. The van der Waals surface area contributed by atoms with E-state index in [1.54, 1.807) is 44.2 Å². The van der Waals surface area contributed by atoms with Crippen molar-refractivity contribution in [2.45, 2.75) is 44.8 Å². The molecule has 6 rings (SSSR count). The SMILES string of the molecule is COc1ccc(-c2ccc(C(=O)O)cc2C)cc1-c1ccc(N2CC(F)(F)C2)nc1CN1C(=O)O[C@H](c2cccc(OC(F)(F)F)c2)[C@@H]1C. The lowest BCUT2D eigenvalue weighted by atomic mass is 9.93. The average Bonchev–Trinajstić information content (AvgIpc) is 3.31. The quantitative estimate of drug-likeness (QED) is 0.178. The Bertz CT molecular complexity index is 1930. The van der Waals surface area contributed by atoms with Crippen molar-refractivity contribution in [3.05, 3.63) is 95.2 Å². The Labute approximate surface area is 277 Å². The number of cyclic esters (lactones) is 1. The number of hydrogen-bond acceptors (Lipinski definition) is 7. The number of aryl methyl sites for hydroxylation is 1. The van der Waals surface area contributed by atoms with Gasteiger partial charge in [0.1, 0.15) is 23.4 Å². The van der Waals surface area contributed by atoms with Gasteiger partial charge in [0.15, 0.2) is 0 Å². The number of pyridine rings is 1. The van der Waals surface area contributed by atoms with E-state index in [1.165, 1.54) is 35.1 Å². The first kappa shape index (κ1) is 33.5. The second kappa shape index (κ2) is 12.6. The number of methoxy groups -OCH3 is 1. The van der Waals surface area contributed by atoms with E-state index in [0.29, 0.717) is 28.1 Å². The minimum atomic E-state index is -4.91. The van der Waals surface area contributed by atoms with Crippen LogP contribution < -0.4 is 14.4 Å². The van der Waals surface area contributed by atoms with Gasteiger partial charge in [-0.1, -0.05) is 24.3 Å². The molecular formula is C35H30F5N3O6. The Balaban J connectivity index is 1.38. The molecule has 2 aliphatic heterocycles. The molecule has 14 heteroatoms. The van der Waals surface area contributed by atoms with Crippen LogP contribution in [0.5, 0.6) is 11.5 Å². The van der Waals surface area contributed by atoms with E-state index in [1.807, 2.05) is 12.1 Å². The molecule has 1 amide bonds. The van der Waals surface area contributed by atoms with E-state index in [2.05, 4.69) is 4.74 Å². The maximum atomic E-state index is 13.8. The van der Waals surface area contributed by atoms with Crippen LogP contribution in [0.1, 0.15) is 40.2 Å². The largest absolute Gasteiger partial charge is 0.573 e. The van der Waals surface area contributed by atoms with Crippen LogP contribution in [-0.2, 0) is 11.3 Å². The Morgan fingerprint density at radius 1 is 1.02 bits per heavy atom. The number of benzene rings is 3. The lowest BCUT2D eigenvalue weighted by Gasteiger charge is -2.39. The molecule has 3 heterocycles. The Hall–Kier alpha value is -5.40. The number of rotatable bonds is 9. The topological polar surface area (TPSA) is 101 Å². The summed E-state index contributed by atoms with van der Waals surface area (Å²) in [6.07, 6.45) is -6.60. The van der Waals surface area contributed by atoms with Crippen molar-refractivity contribution < 1.29 is 50.9 Å². The van der Waals surface area contributed by atoms with E-state index >= 15 is 0 Å². The summed E-state index contributed by atoms with van der Waals surface area (Å²) in [6, 6.07) is 18.0. The predicted molar refractivity (Wildman–Crippen MR) is 168 cm³/mol. The van der Waals surface area contributed by atoms with Crippen molar-refractivity contribution in [1.82, 2.24) is 9.88 Å². The third-order valence-corrected chi connectivity index (χ3v) is 8.53. The van der Waals surface area contributed by atoms with E-state index in [9.17, 15) is 36.6 Å². The van der Waals surface area contributed by atoms with Crippen molar-refractivity contribution in [3.63, 3.8) is 0 Å². The minimum Gasteiger partial charge on any atom is -0.496 e. The number of carbonyl (C=O) groups excluding carboxylic acids is 1. The molecule has 9 nitrogen and oxygen atoms in total. The fourth-order valence-electron chi connectivity index (χ4n) is 6.12. The molecule has 0 spiro atoms. The van der Waals surface area contributed by atoms with Gasteiger partial charge >= 0.3 is 18.4 Å². The molecular weight excluding hydrogens is 653 g/mol. The first-order chi connectivity index (χ1) is 23.1. The van der Waals surface area contributed by atoms with Crippen LogP contribution in [0.25, 0.3) is 22.3 Å². The average molecular weight is 684 g/mol. The van der Waals surface area contributed by atoms with Crippen LogP contribution in [0, 0.1) is 6.92 Å². The molecule has 2 fully saturated rings. The number of ether oxygens (including phenoxy) is 3. The van der Waals surface area contributed by atoms with Crippen molar-refractivity contribution in [2.75, 3.05) is 25.1 Å². The van der Waals surface area contributed by atoms with Crippen molar-refractivity contribution in [2.24, 2.45) is 0 Å². The molecule has 1 N–H and O–H groups in total. The maximum absolute atomic E-state index is 13.8. The van der Waals surface area contributed by atoms with Crippen LogP contribution in [0.2, 0.25) is 0 Å². The van der Waals surface area contributed by atoms with Crippen LogP contribution in [0.4, 0.5) is 32.6 Å². The second-order valence-electron chi connectivity index (χ2n) is 11.9. The summed E-state index contributed by atoms with van der Waals surface area (Å²) in [4.78, 5) is 32.3. The zero-order valence-electron chi connectivity index (χ0n) is 26.4. The normalized spacial score (nSPS) is 18.6. The molecule has 0 aliphatic carbocycles. The number of alkyl halides is 5. The number of carboxylic acid groups (broad SMARTS) is 1. The highest BCUT2D eigenvalue weighted by atomic mass is 19.4. The summed E-state index contributed by atoms with van der Waals surface area (Å²) >= 11 is 0. The molecule has 3 aromatic carbocycles. The predicted octanol–water partition coefficient (Wildman–Crippen LogP) is 7.87. The lowest BCUT2D eigenvalue weighted by Crippen LogP contribution is -2.56. The van der Waals surface area contributed by atoms with Crippen molar-refractivity contribution in [1.29, 1.82) is 0 Å². The third-order valence-electron chi connectivity index (χ3n) is 8.53. The van der Waals surface area contributed by atoms with Crippen LogP contribution in [0.15, 0.2) is 72.8 Å². The molecule has 4 aromatic rings. The van der Waals surface area contributed by atoms with Gasteiger partial charge in [0.2, 0.25) is 0 Å². The van der Waals surface area contributed by atoms with Crippen LogP contribution >= 0.6 is 0 Å². The van der Waals surface area contributed by atoms with E-state index in [0.717, 1.165) is 23.3 Å². The fraction of sp³-hybridized carbons (Fsp3) is 0.286. The van der Waals surface area contributed by atoms with Crippen LogP contribution in [-0.4, -0.2) is 65.6 Å². The molecule has 2 aliphatic rings. The van der Waals surface area contributed by atoms with Gasteiger partial charge in [-0.2, -0.15) is 0 Å². The van der Waals surface area contributed by atoms with Gasteiger partial charge in [-0.25, -0.2) is 23.4 Å². The number of nitrogens with zero attached hydrogens (tertiary/aromatic N) is 3. The molecule has 1 aromatic heterocycles. The standard InChI is InChI=1S/C35H30F5N3O6/c1-19-13-23(32(44)45)7-9-25(19)21-8-11-29(47-3)27(15-21)26-10-12-30(42-17-34(36,37)18-42)41-28(26)16-43-20(2)31(48-33(43)46)22-5-4-6-24(14-22)49-35(38,39)40/h4-15,20,31H,16-18H2,1-3H3,(H,44,45)/t20-,31-/m0/s1. The van der Waals surface area contributed by atoms with Gasteiger partial charge in [0.05, 0.1) is 44.0 Å². The van der Waals surface area contributed by atoms with E-state index in [-0.39, 0.29) is 23.5 Å². The highest BCUT2D eigenvalue weighted by Crippen LogP contribution is 2.41. The number of halogens is 5. The van der Waals surface area contributed by atoms with E-state index < -0.39 is 55.3 Å². The van der Waals surface area contributed by atoms with E-state index in [4.69, 9.17) is 14.5 Å². The van der Waals surface area contributed by atoms with Gasteiger partial charge in [0.25, 0.3) is 5.92 Å². The highest BCUT2D eigenvalue weighted by Gasteiger charge is 2.45. The molecule has 0 bridgehead atoms. The summed E-state index contributed by atoms with van der Waals surface area (Å²) in [5, 5.41) is 9.41. The number of carbonyl (C=O) groups is 2. The Morgan fingerprint density at radius 2 is 1.76 bits per heavy atom. The van der Waals surface area contributed by atoms with Crippen molar-refractivity contribution in [3.8, 4) is 33.8 Å². The summed E-state index contributed by atoms with van der Waals surface area (Å²) < 4.78 is 81.6. The van der Waals surface area contributed by atoms with Gasteiger partial charge in [0, 0.05) is 11.1 Å². The number of aromatic nitrogens is 1. The number of aromatic carboxylic acids is 1. The molecule has 2 saturated heterocycles. The Morgan fingerprint density at radius 3 is 2.41 bits per heavy atom. The van der Waals surface area contributed by atoms with Gasteiger partial charge in [-0.15, -0.1) is 13.2 Å². The smallest absolute Gasteiger partial charge is 0.496 e. The zero-order chi connectivity index (χ0) is 35.2. The molecule has 0 saturated carbocycles. The number of hydrogen-bond donors (Lipinski definition) is 1. The van der Waals surface area contributed by atoms with Crippen LogP contribution in [0.3, 0.4) is 0 Å². The van der Waals surface area contributed by atoms with Gasteiger partial charge in [-0.05, 0) is 84.6 Å².